The zero-order valence-corrected chi connectivity index (χ0v) is 10.4. The molecule has 1 aromatic rings. The monoisotopic (exact) mass is 271 g/mol. The van der Waals surface area contributed by atoms with Gasteiger partial charge >= 0.3 is 16.1 Å². The first kappa shape index (κ1) is 13.0. The van der Waals surface area contributed by atoms with Crippen LogP contribution in [0, 0.1) is 0 Å². The smallest absolute Gasteiger partial charge is 0.353 e. The summed E-state index contributed by atoms with van der Waals surface area (Å²) in [5, 5.41) is 1.72. The second-order valence-corrected chi connectivity index (χ2v) is 5.47. The normalized spacial score (nSPS) is 20.3. The van der Waals surface area contributed by atoms with Crippen LogP contribution in [0.4, 0.5) is 0 Å². The molecule has 7 heteroatoms. The Kier molecular flexibility index (Phi) is 3.95. The summed E-state index contributed by atoms with van der Waals surface area (Å²) in [5.41, 5.74) is 0.192. The molecule has 1 heterocycles. The molecule has 18 heavy (non-hydrogen) atoms. The summed E-state index contributed by atoms with van der Waals surface area (Å²) in [4.78, 5) is 11.6. The molecule has 0 spiro atoms. The second-order valence-electron chi connectivity index (χ2n) is 3.75. The molecule has 1 aliphatic rings. The molecule has 0 saturated carbocycles. The van der Waals surface area contributed by atoms with Crippen molar-refractivity contribution >= 4 is 16.1 Å². The Morgan fingerprint density at radius 1 is 1.33 bits per heavy atom. The van der Waals surface area contributed by atoms with Crippen LogP contribution >= 0.6 is 0 Å². The van der Waals surface area contributed by atoms with E-state index >= 15 is 0 Å². The third-order valence-electron chi connectivity index (χ3n) is 2.44. The summed E-state index contributed by atoms with van der Waals surface area (Å²) in [7, 11) is -4.02. The number of morpholine rings is 1. The molecule has 1 unspecified atom stereocenters. The quantitative estimate of drug-likeness (QED) is 0.786. The Hall–Kier alpha value is -1.44. The highest BCUT2D eigenvalue weighted by Gasteiger charge is 2.31. The lowest BCUT2D eigenvalue weighted by Crippen LogP contribution is -2.47. The number of carbonyl (C=O) groups excluding carboxylic acids is 1. The Balaban J connectivity index is 2.06. The molecular weight excluding hydrogens is 258 g/mol. The van der Waals surface area contributed by atoms with Crippen LogP contribution in [0.25, 0.3) is 0 Å². The maximum absolute atomic E-state index is 11.8. The van der Waals surface area contributed by atoms with Gasteiger partial charge in [-0.1, -0.05) is 18.2 Å². The molecule has 2 rings (SSSR count). The van der Waals surface area contributed by atoms with E-state index in [2.05, 4.69) is 9.50 Å². The maximum Gasteiger partial charge on any atom is 0.353 e. The Morgan fingerprint density at radius 2 is 2.06 bits per heavy atom. The third kappa shape index (κ3) is 3.06. The maximum atomic E-state index is 11.8. The zero-order valence-electron chi connectivity index (χ0n) is 9.53. The number of benzene rings is 1. The van der Waals surface area contributed by atoms with Gasteiger partial charge in [0.1, 0.15) is 0 Å². The number of ether oxygens (including phenoxy) is 1. The van der Waals surface area contributed by atoms with E-state index in [1.54, 1.807) is 18.2 Å². The van der Waals surface area contributed by atoms with E-state index in [4.69, 9.17) is 4.74 Å². The molecule has 0 amide bonds. The van der Waals surface area contributed by atoms with Crippen molar-refractivity contribution in [2.75, 3.05) is 19.8 Å². The van der Waals surface area contributed by atoms with E-state index in [9.17, 15) is 13.2 Å². The first-order chi connectivity index (χ1) is 8.59. The van der Waals surface area contributed by atoms with E-state index in [-0.39, 0.29) is 12.2 Å². The molecule has 1 aromatic carbocycles. The lowest BCUT2D eigenvalue weighted by molar-refractivity contribution is 0.0711. The standard InChI is InChI=1S/C11H13NO5S/c13-11(9-4-2-1-3-5-9)17-18(14,15)10-8-16-7-6-12-10/h1-5,10,12H,6-8H2. The molecule has 6 nitrogen and oxygen atoms in total. The SMILES string of the molecule is O=C(OS(=O)(=O)C1COCCN1)c1ccccc1. The highest BCUT2D eigenvalue weighted by molar-refractivity contribution is 7.87. The molecule has 0 bridgehead atoms. The van der Waals surface area contributed by atoms with Crippen molar-refractivity contribution in [3.63, 3.8) is 0 Å². The van der Waals surface area contributed by atoms with E-state index < -0.39 is 21.5 Å². The molecule has 0 radical (unpaired) electrons. The van der Waals surface area contributed by atoms with Crippen LogP contribution in [0.15, 0.2) is 30.3 Å². The predicted molar refractivity (Wildman–Crippen MR) is 63.4 cm³/mol. The molecule has 0 aromatic heterocycles. The Morgan fingerprint density at radius 3 is 2.67 bits per heavy atom. The van der Waals surface area contributed by atoms with E-state index in [0.717, 1.165) is 0 Å². The van der Waals surface area contributed by atoms with Gasteiger partial charge in [0.05, 0.1) is 18.8 Å². The summed E-state index contributed by atoms with van der Waals surface area (Å²) in [5.74, 6) is -0.886. The predicted octanol–water partition coefficient (Wildman–Crippen LogP) is 0.119. The van der Waals surface area contributed by atoms with Gasteiger partial charge in [-0.05, 0) is 12.1 Å². The van der Waals surface area contributed by atoms with Crippen LogP contribution in [0.5, 0.6) is 0 Å². The summed E-state index contributed by atoms with van der Waals surface area (Å²) in [6, 6.07) is 7.96. The van der Waals surface area contributed by atoms with Crippen molar-refractivity contribution in [3.8, 4) is 0 Å². The van der Waals surface area contributed by atoms with Crippen LogP contribution in [-0.2, 0) is 19.0 Å². The minimum Gasteiger partial charge on any atom is -0.377 e. The fourth-order valence-corrected chi connectivity index (χ4v) is 2.52. The fourth-order valence-electron chi connectivity index (χ4n) is 1.51. The van der Waals surface area contributed by atoms with E-state index in [1.807, 2.05) is 0 Å². The van der Waals surface area contributed by atoms with Crippen LogP contribution < -0.4 is 5.32 Å². The Bertz CT molecular complexity index is 507. The van der Waals surface area contributed by atoms with Gasteiger partial charge in [-0.15, -0.1) is 0 Å². The van der Waals surface area contributed by atoms with Crippen molar-refractivity contribution in [2.45, 2.75) is 5.37 Å². The van der Waals surface area contributed by atoms with Crippen LogP contribution in [-0.4, -0.2) is 39.5 Å². The van der Waals surface area contributed by atoms with Crippen LogP contribution in [0.3, 0.4) is 0 Å². The summed E-state index contributed by atoms with van der Waals surface area (Å²) in [6.07, 6.45) is 0. The van der Waals surface area contributed by atoms with Gasteiger partial charge in [-0.3, -0.25) is 5.32 Å². The topological polar surface area (TPSA) is 81.7 Å². The molecule has 1 saturated heterocycles. The molecule has 0 aliphatic carbocycles. The van der Waals surface area contributed by atoms with Gasteiger partial charge in [0.25, 0.3) is 0 Å². The van der Waals surface area contributed by atoms with E-state index in [1.165, 1.54) is 12.1 Å². The Labute approximate surface area is 105 Å². The molecular formula is C11H13NO5S. The van der Waals surface area contributed by atoms with Crippen molar-refractivity contribution in [3.05, 3.63) is 35.9 Å². The van der Waals surface area contributed by atoms with Crippen molar-refractivity contribution in [2.24, 2.45) is 0 Å². The molecule has 1 atom stereocenters. The largest absolute Gasteiger partial charge is 0.377 e. The average molecular weight is 271 g/mol. The fraction of sp³-hybridized carbons (Fsp3) is 0.364. The average Bonchev–Trinajstić information content (AvgIpc) is 2.40. The minimum absolute atomic E-state index is 0.0234. The molecule has 1 fully saturated rings. The van der Waals surface area contributed by atoms with Crippen LogP contribution in [0.2, 0.25) is 0 Å². The molecule has 1 aliphatic heterocycles. The number of hydrogen-bond donors (Lipinski definition) is 1. The van der Waals surface area contributed by atoms with Crippen molar-refractivity contribution in [1.29, 1.82) is 0 Å². The zero-order chi connectivity index (χ0) is 13.0. The molecule has 98 valence electrons. The van der Waals surface area contributed by atoms with Gasteiger partial charge in [-0.25, -0.2) is 4.79 Å². The lowest BCUT2D eigenvalue weighted by atomic mass is 10.2. The first-order valence-electron chi connectivity index (χ1n) is 5.43. The summed E-state index contributed by atoms with van der Waals surface area (Å²) >= 11 is 0. The highest BCUT2D eigenvalue weighted by Crippen LogP contribution is 2.10. The van der Waals surface area contributed by atoms with Crippen molar-refractivity contribution in [1.82, 2.24) is 5.32 Å². The molecule has 1 N–H and O–H groups in total. The lowest BCUT2D eigenvalue weighted by Gasteiger charge is -2.22. The van der Waals surface area contributed by atoms with Gasteiger partial charge in [0.15, 0.2) is 5.37 Å². The second kappa shape index (κ2) is 5.47. The first-order valence-corrected chi connectivity index (χ1v) is 6.90. The van der Waals surface area contributed by atoms with Gasteiger partial charge in [0.2, 0.25) is 0 Å². The van der Waals surface area contributed by atoms with Gasteiger partial charge in [-0.2, -0.15) is 8.42 Å². The number of nitrogens with one attached hydrogen (secondary N) is 1. The number of carbonyl (C=O) groups is 1. The summed E-state index contributed by atoms with van der Waals surface area (Å²) < 4.78 is 33.1. The minimum atomic E-state index is -4.02. The van der Waals surface area contributed by atoms with Gasteiger partial charge < -0.3 is 8.92 Å². The van der Waals surface area contributed by atoms with Crippen LogP contribution in [0.1, 0.15) is 10.4 Å². The van der Waals surface area contributed by atoms with E-state index in [0.29, 0.717) is 13.2 Å². The van der Waals surface area contributed by atoms with Crippen molar-refractivity contribution < 1.29 is 22.1 Å². The number of hydrogen-bond acceptors (Lipinski definition) is 6. The third-order valence-corrected chi connectivity index (χ3v) is 3.82. The number of rotatable bonds is 3. The highest BCUT2D eigenvalue weighted by atomic mass is 32.2. The summed E-state index contributed by atoms with van der Waals surface area (Å²) in [6.45, 7) is 0.829. The van der Waals surface area contributed by atoms with Gasteiger partial charge in [0, 0.05) is 6.54 Å².